The lowest BCUT2D eigenvalue weighted by molar-refractivity contribution is -0.305. The van der Waals surface area contributed by atoms with Gasteiger partial charge in [0.1, 0.15) is 18.0 Å². The van der Waals surface area contributed by atoms with Crippen LogP contribution in [-0.2, 0) is 33.3 Å². The third-order valence-electron chi connectivity index (χ3n) is 7.36. The molecule has 0 aromatic heterocycles. The zero-order valence-corrected chi connectivity index (χ0v) is 25.2. The van der Waals surface area contributed by atoms with Crippen LogP contribution < -0.4 is 9.75 Å². The zero-order valence-electron chi connectivity index (χ0n) is 25.2. The molecule has 0 radical (unpaired) electrons. The van der Waals surface area contributed by atoms with Crippen molar-refractivity contribution in [1.82, 2.24) is 0 Å². The van der Waals surface area contributed by atoms with E-state index in [0.29, 0.717) is 11.4 Å². The van der Waals surface area contributed by atoms with Crippen LogP contribution in [-0.4, -0.2) is 88.9 Å². The van der Waals surface area contributed by atoms with Gasteiger partial charge in [0.05, 0.1) is 30.3 Å². The molecule has 0 saturated carbocycles. The average molecular weight is 624 g/mol. The Bertz CT molecular complexity index is 1310. The van der Waals surface area contributed by atoms with Crippen molar-refractivity contribution in [3.8, 4) is 5.75 Å². The van der Waals surface area contributed by atoms with Gasteiger partial charge in [-0.3, -0.25) is 5.01 Å². The van der Waals surface area contributed by atoms with Gasteiger partial charge in [-0.15, -0.1) is 13.2 Å². The molecule has 2 unspecified atom stereocenters. The molecule has 0 aliphatic carbocycles. The molecular formula is C30H36F3N3O8. The first-order valence-corrected chi connectivity index (χ1v) is 13.9. The molecule has 4 rings (SSSR count). The molecule has 2 aliphatic heterocycles. The monoisotopic (exact) mass is 623 g/mol. The number of oxime groups is 1. The molecule has 0 spiro atoms. The number of hydrogen-bond acceptors (Lipinski definition) is 11. The van der Waals surface area contributed by atoms with Crippen molar-refractivity contribution in [2.24, 2.45) is 16.2 Å². The number of esters is 1. The minimum atomic E-state index is -4.82. The van der Waals surface area contributed by atoms with E-state index in [1.54, 1.807) is 33.3 Å². The predicted octanol–water partition coefficient (Wildman–Crippen LogP) is 4.52. The number of carbonyl (C=O) groups is 1. The first kappa shape index (κ1) is 33.2. The fourth-order valence-corrected chi connectivity index (χ4v) is 5.29. The summed E-state index contributed by atoms with van der Waals surface area (Å²) in [7, 11) is 4.67. The zero-order chi connectivity index (χ0) is 32.0. The van der Waals surface area contributed by atoms with Gasteiger partial charge in [0.25, 0.3) is 6.29 Å². The number of nitrogens with zero attached hydrogens (tertiary/aromatic N) is 3. The summed E-state index contributed by atoms with van der Waals surface area (Å²) in [6.45, 7) is 5.54. The summed E-state index contributed by atoms with van der Waals surface area (Å²) in [5.41, 5.74) is 2.46. The van der Waals surface area contributed by atoms with E-state index in [2.05, 4.69) is 15.0 Å². The van der Waals surface area contributed by atoms with Crippen LogP contribution in [0.15, 0.2) is 58.8 Å². The summed E-state index contributed by atoms with van der Waals surface area (Å²) in [5.74, 6) is -1.29. The summed E-state index contributed by atoms with van der Waals surface area (Å²) < 4.78 is 69.6. The Kier molecular flexibility index (Phi) is 10.8. The van der Waals surface area contributed by atoms with Crippen LogP contribution in [0.3, 0.4) is 0 Å². The summed E-state index contributed by atoms with van der Waals surface area (Å²) in [6.07, 6.45) is -5.79. The molecule has 0 N–H and O–H groups in total. The Hall–Kier alpha value is -3.72. The van der Waals surface area contributed by atoms with Crippen LogP contribution in [0, 0.1) is 5.92 Å². The fraction of sp³-hybridized carbons (Fsp3) is 0.500. The molecule has 14 heteroatoms. The predicted molar refractivity (Wildman–Crippen MR) is 154 cm³/mol. The van der Waals surface area contributed by atoms with Crippen molar-refractivity contribution in [1.29, 1.82) is 0 Å². The van der Waals surface area contributed by atoms with E-state index in [1.165, 1.54) is 42.6 Å². The molecule has 2 aromatic carbocycles. The lowest BCUT2D eigenvalue weighted by Gasteiger charge is -2.42. The highest BCUT2D eigenvalue weighted by Crippen LogP contribution is 2.34. The minimum Gasteiger partial charge on any atom is -0.464 e. The number of ether oxygens (including phenoxy) is 6. The third kappa shape index (κ3) is 7.49. The molecule has 11 nitrogen and oxygen atoms in total. The van der Waals surface area contributed by atoms with Crippen LogP contribution in [0.5, 0.6) is 5.75 Å². The van der Waals surface area contributed by atoms with E-state index in [1.807, 2.05) is 26.0 Å². The standard InChI is InChI=1S/C30H36F3N3O8/c1-7-41-28(37)24-17(2)23(35-36(24)21-12-14-22(15-13-21)43-30(31,32)33)20-10-8-19(9-11-20)16-34-44-29-27(40-6)26(39-5)25(38-4)18(3)42-29/h8-18,24-27,29H,7H2,1-6H3/b34-16+/t17?,18-,24?,25-,26+,27+,29-/m0/s1. The van der Waals surface area contributed by atoms with Crippen molar-refractivity contribution < 1.29 is 51.2 Å². The molecule has 2 aliphatic rings. The normalized spacial score (nSPS) is 27.3. The summed E-state index contributed by atoms with van der Waals surface area (Å²) >= 11 is 0. The highest BCUT2D eigenvalue weighted by atomic mass is 19.4. The largest absolute Gasteiger partial charge is 0.573 e. The number of rotatable bonds is 11. The number of halogens is 3. The van der Waals surface area contributed by atoms with Gasteiger partial charge in [0, 0.05) is 27.2 Å². The summed E-state index contributed by atoms with van der Waals surface area (Å²) in [5, 5.41) is 10.2. The quantitative estimate of drug-likeness (QED) is 0.203. The van der Waals surface area contributed by atoms with Crippen LogP contribution >= 0.6 is 0 Å². The SMILES string of the molecule is CCOC(=O)C1C(C)C(c2ccc(/C=N/O[C@@H]3O[C@@H](C)[C@H](OC)[C@@H](OC)[C@H]3OC)cc2)=NN1c1ccc(OC(F)(F)F)cc1. The van der Waals surface area contributed by atoms with Crippen LogP contribution in [0.4, 0.5) is 18.9 Å². The van der Waals surface area contributed by atoms with Crippen molar-refractivity contribution >= 4 is 23.6 Å². The van der Waals surface area contributed by atoms with Gasteiger partial charge in [-0.05, 0) is 49.2 Å². The fourth-order valence-electron chi connectivity index (χ4n) is 5.29. The molecule has 0 amide bonds. The second-order valence-corrected chi connectivity index (χ2v) is 10.1. The number of carbonyl (C=O) groups excluding carboxylic acids is 1. The van der Waals surface area contributed by atoms with Crippen molar-refractivity contribution in [2.75, 3.05) is 32.9 Å². The second-order valence-electron chi connectivity index (χ2n) is 10.1. The number of hydrogen-bond donors (Lipinski definition) is 0. The lowest BCUT2D eigenvalue weighted by Crippen LogP contribution is -2.59. The van der Waals surface area contributed by atoms with E-state index in [4.69, 9.17) is 28.5 Å². The first-order chi connectivity index (χ1) is 21.0. The number of hydrazone groups is 1. The maximum Gasteiger partial charge on any atom is 0.573 e. The topological polar surface area (TPSA) is 110 Å². The van der Waals surface area contributed by atoms with E-state index >= 15 is 0 Å². The molecule has 7 atom stereocenters. The Labute approximate surface area is 253 Å². The van der Waals surface area contributed by atoms with Crippen molar-refractivity contribution in [3.05, 3.63) is 59.7 Å². The van der Waals surface area contributed by atoms with Gasteiger partial charge in [0.15, 0.2) is 12.1 Å². The molecular weight excluding hydrogens is 587 g/mol. The maximum absolute atomic E-state index is 12.9. The molecule has 0 bridgehead atoms. The van der Waals surface area contributed by atoms with Gasteiger partial charge < -0.3 is 33.3 Å². The number of anilines is 1. The molecule has 1 fully saturated rings. The molecule has 2 aromatic rings. The van der Waals surface area contributed by atoms with E-state index in [0.717, 1.165) is 11.1 Å². The minimum absolute atomic E-state index is 0.161. The smallest absolute Gasteiger partial charge is 0.464 e. The van der Waals surface area contributed by atoms with Gasteiger partial charge in [-0.2, -0.15) is 5.10 Å². The van der Waals surface area contributed by atoms with Crippen molar-refractivity contribution in [3.63, 3.8) is 0 Å². The number of benzene rings is 2. The van der Waals surface area contributed by atoms with E-state index < -0.39 is 42.8 Å². The van der Waals surface area contributed by atoms with Crippen LogP contribution in [0.25, 0.3) is 0 Å². The van der Waals surface area contributed by atoms with Gasteiger partial charge >= 0.3 is 12.3 Å². The maximum atomic E-state index is 12.9. The highest BCUT2D eigenvalue weighted by Gasteiger charge is 2.47. The van der Waals surface area contributed by atoms with Crippen LogP contribution in [0.2, 0.25) is 0 Å². The molecule has 240 valence electrons. The first-order valence-electron chi connectivity index (χ1n) is 13.9. The second kappa shape index (κ2) is 14.4. The Balaban J connectivity index is 1.50. The Morgan fingerprint density at radius 2 is 1.61 bits per heavy atom. The van der Waals surface area contributed by atoms with Gasteiger partial charge in [-0.1, -0.05) is 36.3 Å². The molecule has 2 heterocycles. The highest BCUT2D eigenvalue weighted by molar-refractivity contribution is 6.08. The van der Waals surface area contributed by atoms with Crippen molar-refractivity contribution in [2.45, 2.75) is 63.9 Å². The molecule has 1 saturated heterocycles. The van der Waals surface area contributed by atoms with E-state index in [-0.39, 0.29) is 24.6 Å². The molecule has 44 heavy (non-hydrogen) atoms. The number of methoxy groups -OCH3 is 3. The Morgan fingerprint density at radius 3 is 2.18 bits per heavy atom. The van der Waals surface area contributed by atoms with Gasteiger partial charge in [0.2, 0.25) is 0 Å². The summed E-state index contributed by atoms with van der Waals surface area (Å²) in [4.78, 5) is 18.6. The average Bonchev–Trinajstić information content (AvgIpc) is 3.33. The van der Waals surface area contributed by atoms with Crippen LogP contribution in [0.1, 0.15) is 31.9 Å². The third-order valence-corrected chi connectivity index (χ3v) is 7.36. The van der Waals surface area contributed by atoms with E-state index in [9.17, 15) is 18.0 Å². The lowest BCUT2D eigenvalue weighted by atomic mass is 9.92. The Morgan fingerprint density at radius 1 is 0.977 bits per heavy atom. The van der Waals surface area contributed by atoms with Gasteiger partial charge in [-0.25, -0.2) is 4.79 Å². The summed E-state index contributed by atoms with van der Waals surface area (Å²) in [6, 6.07) is 11.6. The number of alkyl halides is 3.